The Morgan fingerprint density at radius 1 is 0.829 bits per heavy atom. The van der Waals surface area contributed by atoms with Crippen molar-refractivity contribution in [3.8, 4) is 0 Å². The number of aliphatic hydroxyl groups excluding tert-OH is 1. The zero-order valence-corrected chi connectivity index (χ0v) is 29.2. The molecule has 41 heavy (non-hydrogen) atoms. The molecule has 4 rings (SSSR count). The Morgan fingerprint density at radius 2 is 1.37 bits per heavy atom. The number of hydrogen-bond donors (Lipinski definition) is 1. The van der Waals surface area contributed by atoms with Crippen LogP contribution >= 0.6 is 0 Å². The van der Waals surface area contributed by atoms with Crippen LogP contribution in [-0.4, -0.2) is 31.2 Å². The third-order valence-corrected chi connectivity index (χ3v) is 10.9. The highest BCUT2D eigenvalue weighted by atomic mass is 16.4. The van der Waals surface area contributed by atoms with E-state index in [1.807, 2.05) is 13.8 Å². The van der Waals surface area contributed by atoms with Crippen LogP contribution in [0.4, 0.5) is 0 Å². The predicted molar refractivity (Wildman–Crippen MR) is 183 cm³/mol. The second-order valence-electron chi connectivity index (χ2n) is 13.8. The van der Waals surface area contributed by atoms with E-state index in [4.69, 9.17) is 5.11 Å². The second-order valence-corrected chi connectivity index (χ2v) is 13.8. The predicted octanol–water partition coefficient (Wildman–Crippen LogP) is 11.7. The Kier molecular flexibility index (Phi) is 24.0. The van der Waals surface area contributed by atoms with Crippen molar-refractivity contribution in [2.75, 3.05) is 14.2 Å². The van der Waals surface area contributed by atoms with Crippen LogP contribution in [0.2, 0.25) is 0 Å². The Morgan fingerprint density at radius 3 is 1.88 bits per heavy atom. The van der Waals surface area contributed by atoms with Gasteiger partial charge in [-0.05, 0) is 118 Å². The topological polar surface area (TPSA) is 46.5 Å². The average molecular weight is 583 g/mol. The number of hydrogen-bond acceptors (Lipinski definition) is 3. The molecule has 4 aliphatic rings. The van der Waals surface area contributed by atoms with Gasteiger partial charge in [-0.1, -0.05) is 94.9 Å². The van der Waals surface area contributed by atoms with Gasteiger partial charge in [0, 0.05) is 20.6 Å². The highest BCUT2D eigenvalue weighted by Crippen LogP contribution is 2.67. The maximum Gasteiger partial charge on any atom is 0.129 e. The molecule has 0 heterocycles. The van der Waals surface area contributed by atoms with Gasteiger partial charge in [-0.25, -0.2) is 0 Å². The average Bonchev–Trinajstić information content (AvgIpc) is 3.26. The summed E-state index contributed by atoms with van der Waals surface area (Å²) in [5.41, 5.74) is 1.22. The maximum absolute atomic E-state index is 11.5. The number of methoxy groups -OCH3 is 1. The lowest BCUT2D eigenvalue weighted by atomic mass is 9.45. The fraction of sp³-hybridized carbons (Fsp3) is 0.974. The van der Waals surface area contributed by atoms with Crippen LogP contribution in [-0.2, 0) is 9.53 Å². The maximum atomic E-state index is 11.5. The van der Waals surface area contributed by atoms with E-state index < -0.39 is 0 Å². The van der Waals surface area contributed by atoms with Gasteiger partial charge in [-0.2, -0.15) is 0 Å². The van der Waals surface area contributed by atoms with Crippen LogP contribution in [0.3, 0.4) is 0 Å². The highest BCUT2D eigenvalue weighted by molar-refractivity contribution is 5.75. The molecule has 0 aliphatic heterocycles. The lowest BCUT2D eigenvalue weighted by Gasteiger charge is -2.60. The molecule has 7 atom stereocenters. The summed E-state index contributed by atoms with van der Waals surface area (Å²) >= 11 is 0. The Balaban J connectivity index is 0. The zero-order chi connectivity index (χ0) is 30.8. The largest absolute Gasteiger partial charge is 0.393 e. The molecule has 3 heteroatoms. The summed E-state index contributed by atoms with van der Waals surface area (Å²) in [6, 6.07) is 0. The zero-order valence-electron chi connectivity index (χ0n) is 29.2. The number of carbonyl (C=O) groups excluding carboxylic acids is 1. The number of fused-ring (bicyclic) bond motifs is 5. The lowest BCUT2D eigenvalue weighted by Crippen LogP contribution is -2.52. The molecule has 7 unspecified atom stereocenters. The number of aliphatic hydroxyl groups is 1. The van der Waals surface area contributed by atoms with E-state index in [0.717, 1.165) is 61.7 Å². The first kappa shape index (κ1) is 42.7. The van der Waals surface area contributed by atoms with Gasteiger partial charge in [0.2, 0.25) is 0 Å². The molecular formula is C38H78O3. The van der Waals surface area contributed by atoms with E-state index in [0.29, 0.717) is 16.6 Å². The molecule has 0 radical (unpaired) electrons. The first-order valence-electron chi connectivity index (χ1n) is 17.7. The van der Waals surface area contributed by atoms with Gasteiger partial charge in [-0.15, -0.1) is 0 Å². The van der Waals surface area contributed by atoms with Crippen molar-refractivity contribution in [1.29, 1.82) is 0 Å². The van der Waals surface area contributed by atoms with Crippen molar-refractivity contribution in [3.05, 3.63) is 0 Å². The molecule has 0 bridgehead atoms. The molecule has 1 N–H and O–H groups in total. The van der Waals surface area contributed by atoms with Crippen LogP contribution in [0.25, 0.3) is 0 Å². The molecule has 0 aromatic carbocycles. The van der Waals surface area contributed by atoms with E-state index in [2.05, 4.69) is 46.3 Å². The summed E-state index contributed by atoms with van der Waals surface area (Å²) in [4.78, 5) is 11.5. The molecular weight excluding hydrogens is 504 g/mol. The molecule has 0 spiro atoms. The quantitative estimate of drug-likeness (QED) is 0.325. The van der Waals surface area contributed by atoms with Gasteiger partial charge in [0.25, 0.3) is 0 Å². The normalized spacial score (nSPS) is 32.8. The Hall–Kier alpha value is -0.410. The van der Waals surface area contributed by atoms with E-state index in [-0.39, 0.29) is 13.5 Å². The third kappa shape index (κ3) is 12.6. The van der Waals surface area contributed by atoms with Gasteiger partial charge in [-0.3, -0.25) is 0 Å². The van der Waals surface area contributed by atoms with E-state index in [1.54, 1.807) is 21.1 Å². The van der Waals surface area contributed by atoms with Crippen LogP contribution in [0.1, 0.15) is 179 Å². The van der Waals surface area contributed by atoms with E-state index in [9.17, 15) is 4.79 Å². The minimum absolute atomic E-state index is 0. The molecule has 0 saturated heterocycles. The minimum Gasteiger partial charge on any atom is -0.393 e. The minimum atomic E-state index is -0.0370. The molecule has 0 amide bonds. The molecule has 0 aromatic heterocycles. The van der Waals surface area contributed by atoms with Gasteiger partial charge < -0.3 is 14.6 Å². The van der Waals surface area contributed by atoms with Gasteiger partial charge >= 0.3 is 0 Å². The first-order chi connectivity index (χ1) is 19.1. The van der Waals surface area contributed by atoms with Crippen molar-refractivity contribution in [3.63, 3.8) is 0 Å². The molecule has 4 fully saturated rings. The fourth-order valence-electron chi connectivity index (χ4n) is 9.07. The van der Waals surface area contributed by atoms with Crippen LogP contribution in [0, 0.1) is 40.4 Å². The van der Waals surface area contributed by atoms with Crippen LogP contribution < -0.4 is 0 Å². The third-order valence-electron chi connectivity index (χ3n) is 10.9. The van der Waals surface area contributed by atoms with E-state index in [1.165, 1.54) is 77.0 Å². The van der Waals surface area contributed by atoms with Crippen molar-refractivity contribution in [2.45, 2.75) is 185 Å². The van der Waals surface area contributed by atoms with E-state index >= 15 is 0 Å². The summed E-state index contributed by atoms with van der Waals surface area (Å²) in [5, 5.41) is 9.05. The Labute approximate surface area is 259 Å². The number of Topliss-reactive ketones (excluding diaryl/α,β-unsaturated/α-hetero) is 1. The number of ether oxygens (including phenoxy) is 1. The van der Waals surface area contributed by atoms with Crippen LogP contribution in [0.5, 0.6) is 0 Å². The highest BCUT2D eigenvalue weighted by Gasteiger charge is 2.59. The molecule has 4 aliphatic carbocycles. The molecule has 4 saturated carbocycles. The van der Waals surface area contributed by atoms with Crippen LogP contribution in [0.15, 0.2) is 0 Å². The van der Waals surface area contributed by atoms with Crippen molar-refractivity contribution in [1.82, 2.24) is 0 Å². The monoisotopic (exact) mass is 583 g/mol. The summed E-state index contributed by atoms with van der Waals surface area (Å²) in [5.74, 6) is 5.24. The van der Waals surface area contributed by atoms with Gasteiger partial charge in [0.05, 0.1) is 6.10 Å². The molecule has 248 valence electrons. The molecule has 0 aromatic rings. The number of carbonyl (C=O) groups is 1. The summed E-state index contributed by atoms with van der Waals surface area (Å²) < 4.78 is 4.25. The fourth-order valence-corrected chi connectivity index (χ4v) is 9.07. The lowest BCUT2D eigenvalue weighted by molar-refractivity contribution is -0.119. The van der Waals surface area contributed by atoms with Crippen molar-refractivity contribution < 1.29 is 14.6 Å². The number of ketones is 1. The standard InChI is InChI=1S/C23H38O.C7H16O.C3H8.C2H6O.C2H6.CH4/c1-16(24)7-8-18-10-12-20-19-11-9-17-6-4-5-14-22(17,2)21(19)13-15-23(18,20)3;1-3-5-7(8)6-4-2;2*1-3-2;1-2;/h17-21H,4-15H2,1-3H3;7-8H,3-6H2,1-2H3;3H2,1-2H3;1-2H3;1-2H3;1H4. The Bertz CT molecular complexity index is 625. The SMILES string of the molecule is C.CC.CC(=O)CCC1CCC2C3CCC4CCCCC4(C)C3CCC12C.CCC.CCCC(O)CCC.COC. The summed E-state index contributed by atoms with van der Waals surface area (Å²) in [6.07, 6.45) is 22.2. The van der Waals surface area contributed by atoms with Crippen molar-refractivity contribution >= 4 is 5.78 Å². The number of rotatable bonds is 7. The molecule has 3 nitrogen and oxygen atoms in total. The summed E-state index contributed by atoms with van der Waals surface area (Å²) in [6.45, 7) is 19.5. The second kappa shape index (κ2) is 23.0. The van der Waals surface area contributed by atoms with Crippen molar-refractivity contribution in [2.24, 2.45) is 40.4 Å². The summed E-state index contributed by atoms with van der Waals surface area (Å²) in [7, 11) is 3.25. The van der Waals surface area contributed by atoms with Gasteiger partial charge in [0.15, 0.2) is 0 Å². The smallest absolute Gasteiger partial charge is 0.129 e. The first-order valence-corrected chi connectivity index (χ1v) is 17.7. The van der Waals surface area contributed by atoms with Gasteiger partial charge in [0.1, 0.15) is 5.78 Å².